The van der Waals surface area contributed by atoms with Crippen LogP contribution in [0.25, 0.3) is 0 Å². The van der Waals surface area contributed by atoms with Gasteiger partial charge in [0.05, 0.1) is 4.90 Å². The molecule has 0 bridgehead atoms. The lowest BCUT2D eigenvalue weighted by Gasteiger charge is -2.20. The van der Waals surface area contributed by atoms with Crippen molar-refractivity contribution in [1.29, 1.82) is 0 Å². The Morgan fingerprint density at radius 3 is 2.55 bits per heavy atom. The van der Waals surface area contributed by atoms with E-state index >= 15 is 0 Å². The van der Waals surface area contributed by atoms with Crippen LogP contribution in [0.4, 0.5) is 0 Å². The second-order valence-corrected chi connectivity index (χ2v) is 6.98. The van der Waals surface area contributed by atoms with Crippen LogP contribution in [0.5, 0.6) is 0 Å². The van der Waals surface area contributed by atoms with Crippen molar-refractivity contribution in [3.63, 3.8) is 0 Å². The molecule has 6 nitrogen and oxygen atoms in total. The lowest BCUT2D eigenvalue weighted by molar-refractivity contribution is 0.356. The van der Waals surface area contributed by atoms with E-state index in [9.17, 15) is 8.42 Å². The highest BCUT2D eigenvalue weighted by Gasteiger charge is 2.23. The molecule has 0 saturated carbocycles. The molecule has 20 heavy (non-hydrogen) atoms. The molecule has 116 valence electrons. The average Bonchev–Trinajstić information content (AvgIpc) is 2.84. The van der Waals surface area contributed by atoms with Gasteiger partial charge in [-0.1, -0.05) is 6.92 Å². The molecule has 0 aliphatic carbocycles. The number of sulfonamides is 1. The molecule has 7 heteroatoms. The topological polar surface area (TPSA) is 68.4 Å². The van der Waals surface area contributed by atoms with Gasteiger partial charge >= 0.3 is 0 Å². The first kappa shape index (κ1) is 17.2. The number of aromatic nitrogens is 1. The van der Waals surface area contributed by atoms with Crippen molar-refractivity contribution in [3.05, 3.63) is 18.0 Å². The Kier molecular flexibility index (Phi) is 6.67. The van der Waals surface area contributed by atoms with E-state index in [-0.39, 0.29) is 0 Å². The third-order valence-electron chi connectivity index (χ3n) is 3.09. The van der Waals surface area contributed by atoms with Crippen molar-refractivity contribution in [2.75, 3.05) is 40.8 Å². The first-order valence-electron chi connectivity index (χ1n) is 6.88. The quantitative estimate of drug-likeness (QED) is 0.704. The van der Waals surface area contributed by atoms with Crippen LogP contribution in [-0.2, 0) is 16.6 Å². The van der Waals surface area contributed by atoms with Gasteiger partial charge in [0.15, 0.2) is 0 Å². The molecule has 1 aromatic rings. The summed E-state index contributed by atoms with van der Waals surface area (Å²) >= 11 is 0. The monoisotopic (exact) mass is 302 g/mol. The van der Waals surface area contributed by atoms with Crippen LogP contribution in [0.2, 0.25) is 0 Å². The van der Waals surface area contributed by atoms with E-state index in [0.717, 1.165) is 18.7 Å². The van der Waals surface area contributed by atoms with Crippen LogP contribution in [0.1, 0.15) is 19.0 Å². The molecule has 0 atom stereocenters. The van der Waals surface area contributed by atoms with Crippen molar-refractivity contribution in [2.45, 2.75) is 24.8 Å². The Bertz CT molecular complexity index is 496. The summed E-state index contributed by atoms with van der Waals surface area (Å²) in [6.07, 6.45) is 2.39. The van der Waals surface area contributed by atoms with Crippen molar-refractivity contribution in [2.24, 2.45) is 0 Å². The van der Waals surface area contributed by atoms with Gasteiger partial charge in [-0.3, -0.25) is 0 Å². The smallest absolute Gasteiger partial charge is 0.244 e. The summed E-state index contributed by atoms with van der Waals surface area (Å²) in [6.45, 7) is 4.41. The largest absolute Gasteiger partial charge is 0.363 e. The van der Waals surface area contributed by atoms with Crippen molar-refractivity contribution in [3.8, 4) is 0 Å². The zero-order valence-corrected chi connectivity index (χ0v) is 13.6. The number of hydrogen-bond acceptors (Lipinski definition) is 4. The van der Waals surface area contributed by atoms with Crippen molar-refractivity contribution in [1.82, 2.24) is 19.5 Å². The minimum Gasteiger partial charge on any atom is -0.363 e. The molecular weight excluding hydrogens is 276 g/mol. The lowest BCUT2D eigenvalue weighted by Crippen LogP contribution is -2.33. The van der Waals surface area contributed by atoms with Gasteiger partial charge in [-0.2, -0.15) is 4.31 Å². The summed E-state index contributed by atoms with van der Waals surface area (Å²) < 4.78 is 26.6. The maximum atomic E-state index is 12.5. The Labute approximate surface area is 122 Å². The van der Waals surface area contributed by atoms with Gasteiger partial charge in [-0.05, 0) is 40.2 Å². The van der Waals surface area contributed by atoms with Gasteiger partial charge < -0.3 is 15.2 Å². The highest BCUT2D eigenvalue weighted by Crippen LogP contribution is 2.17. The summed E-state index contributed by atoms with van der Waals surface area (Å²) in [5.41, 5.74) is 0.871. The molecule has 0 aliphatic rings. The van der Waals surface area contributed by atoms with Crippen LogP contribution >= 0.6 is 0 Å². The molecular formula is C13H26N4O2S. The normalized spacial score (nSPS) is 12.5. The molecule has 1 heterocycles. The number of H-pyrrole nitrogens is 1. The van der Waals surface area contributed by atoms with Crippen LogP contribution in [0.15, 0.2) is 17.2 Å². The summed E-state index contributed by atoms with van der Waals surface area (Å²) in [6, 6.07) is 1.69. The van der Waals surface area contributed by atoms with Crippen LogP contribution in [-0.4, -0.2) is 63.4 Å². The number of rotatable bonds is 9. The molecule has 0 fully saturated rings. The van der Waals surface area contributed by atoms with Crippen LogP contribution in [0.3, 0.4) is 0 Å². The molecule has 0 spiro atoms. The zero-order valence-electron chi connectivity index (χ0n) is 12.8. The maximum Gasteiger partial charge on any atom is 0.244 e. The Balaban J connectivity index is 2.77. The van der Waals surface area contributed by atoms with Crippen molar-refractivity contribution < 1.29 is 8.42 Å². The van der Waals surface area contributed by atoms with Crippen LogP contribution in [0, 0.1) is 0 Å². The van der Waals surface area contributed by atoms with E-state index < -0.39 is 10.0 Å². The second-order valence-electron chi connectivity index (χ2n) is 5.04. The van der Waals surface area contributed by atoms with Crippen LogP contribution < -0.4 is 5.32 Å². The fourth-order valence-corrected chi connectivity index (χ4v) is 3.53. The second kappa shape index (κ2) is 7.78. The lowest BCUT2D eigenvalue weighted by atomic mass is 10.4. The summed E-state index contributed by atoms with van der Waals surface area (Å²) in [7, 11) is 2.41. The third kappa shape index (κ3) is 4.59. The average molecular weight is 302 g/mol. The number of aromatic amines is 1. The SMILES string of the molecule is CCN(CCCN(C)C)S(=O)(=O)c1c[nH]c(CNC)c1. The summed E-state index contributed by atoms with van der Waals surface area (Å²) in [5, 5.41) is 2.99. The van der Waals surface area contributed by atoms with Gasteiger partial charge in [0.1, 0.15) is 0 Å². The minimum absolute atomic E-state index is 0.342. The van der Waals surface area contributed by atoms with E-state index in [4.69, 9.17) is 0 Å². The first-order valence-corrected chi connectivity index (χ1v) is 8.32. The molecule has 0 aromatic carbocycles. The highest BCUT2D eigenvalue weighted by atomic mass is 32.2. The van der Waals surface area contributed by atoms with E-state index in [1.807, 2.05) is 28.1 Å². The number of nitrogens with one attached hydrogen (secondary N) is 2. The predicted molar refractivity (Wildman–Crippen MR) is 81.2 cm³/mol. The molecule has 0 unspecified atom stereocenters. The molecule has 1 rings (SSSR count). The molecule has 1 aromatic heterocycles. The fraction of sp³-hybridized carbons (Fsp3) is 0.692. The molecule has 0 amide bonds. The third-order valence-corrected chi connectivity index (χ3v) is 5.04. The predicted octanol–water partition coefficient (Wildman–Crippen LogP) is 0.696. The Morgan fingerprint density at radius 2 is 2.00 bits per heavy atom. The zero-order chi connectivity index (χ0) is 15.2. The minimum atomic E-state index is -3.39. The Morgan fingerprint density at radius 1 is 1.30 bits per heavy atom. The molecule has 0 radical (unpaired) electrons. The van der Waals surface area contributed by atoms with E-state index in [0.29, 0.717) is 24.5 Å². The van der Waals surface area contributed by atoms with E-state index in [1.165, 1.54) is 4.31 Å². The fourth-order valence-electron chi connectivity index (χ4n) is 2.02. The number of nitrogens with zero attached hydrogens (tertiary/aromatic N) is 2. The highest BCUT2D eigenvalue weighted by molar-refractivity contribution is 7.89. The summed E-state index contributed by atoms with van der Waals surface area (Å²) in [5.74, 6) is 0. The molecule has 0 aliphatic heterocycles. The molecule has 2 N–H and O–H groups in total. The standard InChI is InChI=1S/C13H26N4O2S/c1-5-17(8-6-7-16(3)4)20(18,19)13-9-12(10-14-2)15-11-13/h9,11,14-15H,5-8,10H2,1-4H3. The number of hydrogen-bond donors (Lipinski definition) is 2. The van der Waals surface area contributed by atoms with Gasteiger partial charge in [-0.15, -0.1) is 0 Å². The van der Waals surface area contributed by atoms with Gasteiger partial charge in [0, 0.05) is 31.5 Å². The first-order chi connectivity index (χ1) is 9.41. The van der Waals surface area contributed by atoms with Gasteiger partial charge in [0.25, 0.3) is 0 Å². The Hall–Kier alpha value is -0.890. The van der Waals surface area contributed by atoms with Crippen molar-refractivity contribution >= 4 is 10.0 Å². The van der Waals surface area contributed by atoms with Gasteiger partial charge in [0.2, 0.25) is 10.0 Å². The van der Waals surface area contributed by atoms with E-state index in [1.54, 1.807) is 12.3 Å². The van der Waals surface area contributed by atoms with E-state index in [2.05, 4.69) is 15.2 Å². The van der Waals surface area contributed by atoms with Gasteiger partial charge in [-0.25, -0.2) is 8.42 Å². The maximum absolute atomic E-state index is 12.5. The summed E-state index contributed by atoms with van der Waals surface area (Å²) in [4.78, 5) is 5.39. The molecule has 0 saturated heterocycles.